The van der Waals surface area contributed by atoms with Crippen molar-refractivity contribution in [2.24, 2.45) is 10.8 Å². The molecule has 24 heavy (non-hydrogen) atoms. The number of rotatable bonds is 1. The number of nitrogens with one attached hydrogen (secondary N) is 2. The smallest absolute Gasteiger partial charge is 0.303 e. The van der Waals surface area contributed by atoms with Crippen LogP contribution in [0.15, 0.2) is 24.3 Å². The predicted molar refractivity (Wildman–Crippen MR) is 88.8 cm³/mol. The molecule has 5 nitrogen and oxygen atoms in total. The number of benzene rings is 1. The molecule has 5 aliphatic rings. The number of amides is 1. The van der Waals surface area contributed by atoms with Crippen LogP contribution in [0.4, 0.5) is 5.69 Å². The van der Waals surface area contributed by atoms with Crippen molar-refractivity contribution in [3.63, 3.8) is 0 Å². The van der Waals surface area contributed by atoms with E-state index < -0.39 is 5.66 Å². The van der Waals surface area contributed by atoms with E-state index in [9.17, 15) is 9.59 Å². The molecular formula is C19H25N3O2+2. The van der Waals surface area contributed by atoms with Crippen LogP contribution in [0.1, 0.15) is 25.8 Å². The van der Waals surface area contributed by atoms with E-state index in [2.05, 4.69) is 26.0 Å². The number of ketones is 1. The van der Waals surface area contributed by atoms with Crippen LogP contribution in [0, 0.1) is 10.8 Å². The van der Waals surface area contributed by atoms with Crippen molar-refractivity contribution in [1.29, 1.82) is 0 Å². The molecule has 2 atom stereocenters. The highest BCUT2D eigenvalue weighted by Crippen LogP contribution is 2.43. The van der Waals surface area contributed by atoms with Crippen LogP contribution in [0.3, 0.4) is 0 Å². The van der Waals surface area contributed by atoms with Crippen LogP contribution in [0.2, 0.25) is 0 Å². The molecule has 4 fully saturated rings. The van der Waals surface area contributed by atoms with E-state index in [1.165, 1.54) is 9.80 Å². The molecule has 0 saturated carbocycles. The van der Waals surface area contributed by atoms with Crippen LogP contribution in [-0.4, -0.2) is 44.9 Å². The number of carbonyl (C=O) groups is 2. The summed E-state index contributed by atoms with van der Waals surface area (Å²) in [6.07, 6.45) is 0.885. The monoisotopic (exact) mass is 327 g/mol. The van der Waals surface area contributed by atoms with Crippen molar-refractivity contribution in [3.05, 3.63) is 29.8 Å². The normalized spacial score (nSPS) is 45.4. The second-order valence-electron chi connectivity index (χ2n) is 8.57. The Labute approximate surface area is 142 Å². The van der Waals surface area contributed by atoms with Crippen molar-refractivity contribution in [2.45, 2.75) is 25.9 Å². The fraction of sp³-hybridized carbons (Fsp3) is 0.579. The van der Waals surface area contributed by atoms with Gasteiger partial charge in [0.15, 0.2) is 5.78 Å². The van der Waals surface area contributed by atoms with Crippen LogP contribution < -0.4 is 14.7 Å². The highest BCUT2D eigenvalue weighted by Gasteiger charge is 2.79. The minimum Gasteiger partial charge on any atom is -0.303 e. The van der Waals surface area contributed by atoms with E-state index in [4.69, 9.17) is 0 Å². The second-order valence-corrected chi connectivity index (χ2v) is 8.57. The lowest BCUT2D eigenvalue weighted by Crippen LogP contribution is -3.48. The van der Waals surface area contributed by atoms with Crippen LogP contribution in [0.5, 0.6) is 0 Å². The Balaban J connectivity index is 1.74. The average Bonchev–Trinajstić information content (AvgIpc) is 2.79. The summed E-state index contributed by atoms with van der Waals surface area (Å²) in [5.41, 5.74) is 1.14. The third kappa shape index (κ3) is 1.30. The largest absolute Gasteiger partial charge is 0.353 e. The summed E-state index contributed by atoms with van der Waals surface area (Å²) >= 11 is 0. The number of anilines is 1. The standard InChI is InChI=1S/C19H23N3O2/c1-4-18-11-21-9-17(2,15(18)23)10-22(12-18)19(21)13-7-5-6-8-14(13)20(3)16(19)24/h5-8H,4,9-12H2,1-3H3/p+2. The molecule has 2 unspecified atom stereocenters. The number of para-hydroxylation sites is 1. The number of nitrogens with zero attached hydrogens (tertiary/aromatic N) is 1. The third-order valence-electron chi connectivity index (χ3n) is 7.37. The highest BCUT2D eigenvalue weighted by atomic mass is 16.2. The van der Waals surface area contributed by atoms with E-state index in [1.807, 2.05) is 24.1 Å². The average molecular weight is 327 g/mol. The maximum atomic E-state index is 13.5. The maximum Gasteiger partial charge on any atom is 0.353 e. The zero-order chi connectivity index (χ0) is 16.9. The number of carbonyl (C=O) groups excluding carboxylic acids is 2. The minimum atomic E-state index is -0.537. The molecule has 5 aliphatic heterocycles. The molecule has 0 radical (unpaired) electrons. The second kappa shape index (κ2) is 4.09. The lowest BCUT2D eigenvalue weighted by molar-refractivity contribution is -1.20. The number of piperidine rings is 2. The molecule has 4 bridgehead atoms. The molecule has 1 amide bonds. The first kappa shape index (κ1) is 14.6. The molecule has 2 N–H and O–H groups in total. The number of hydrogen-bond donors (Lipinski definition) is 2. The number of fused-ring (bicyclic) bond motifs is 1. The van der Waals surface area contributed by atoms with Gasteiger partial charge in [-0.25, -0.2) is 0 Å². The Kier molecular flexibility index (Phi) is 2.49. The molecule has 1 spiro atoms. The third-order valence-corrected chi connectivity index (χ3v) is 7.37. The quantitative estimate of drug-likeness (QED) is 0.666. The summed E-state index contributed by atoms with van der Waals surface area (Å²) in [7, 11) is 1.89. The Morgan fingerprint density at radius 2 is 1.71 bits per heavy atom. The lowest BCUT2D eigenvalue weighted by atomic mass is 9.58. The molecule has 1 aromatic carbocycles. The Morgan fingerprint density at radius 3 is 2.33 bits per heavy atom. The summed E-state index contributed by atoms with van der Waals surface area (Å²) in [5, 5.41) is 0. The molecule has 5 heteroatoms. The van der Waals surface area contributed by atoms with Gasteiger partial charge in [0.1, 0.15) is 42.6 Å². The lowest BCUT2D eigenvalue weighted by Gasteiger charge is -2.62. The van der Waals surface area contributed by atoms with Crippen molar-refractivity contribution in [3.8, 4) is 0 Å². The first-order valence-corrected chi connectivity index (χ1v) is 9.02. The van der Waals surface area contributed by atoms with Gasteiger partial charge in [0, 0.05) is 7.05 Å². The predicted octanol–water partition coefficient (Wildman–Crippen LogP) is -1.40. The summed E-state index contributed by atoms with van der Waals surface area (Å²) in [4.78, 5) is 31.0. The van der Waals surface area contributed by atoms with Crippen molar-refractivity contribution >= 4 is 17.4 Å². The fourth-order valence-corrected chi connectivity index (χ4v) is 6.40. The van der Waals surface area contributed by atoms with Gasteiger partial charge in [-0.3, -0.25) is 19.4 Å². The summed E-state index contributed by atoms with van der Waals surface area (Å²) in [5.74, 6) is 0.654. The first-order valence-electron chi connectivity index (χ1n) is 9.02. The summed E-state index contributed by atoms with van der Waals surface area (Å²) < 4.78 is 0. The van der Waals surface area contributed by atoms with Gasteiger partial charge in [0.05, 0.1) is 5.69 Å². The number of likely N-dealkylation sites (N-methyl/N-ethyl adjacent to an activating group) is 1. The van der Waals surface area contributed by atoms with Gasteiger partial charge in [-0.1, -0.05) is 19.1 Å². The van der Waals surface area contributed by atoms with Crippen LogP contribution >= 0.6 is 0 Å². The van der Waals surface area contributed by atoms with Gasteiger partial charge < -0.3 is 4.90 Å². The Morgan fingerprint density at radius 1 is 1.08 bits per heavy atom. The number of quaternary nitrogens is 2. The molecule has 1 aromatic rings. The van der Waals surface area contributed by atoms with Gasteiger partial charge >= 0.3 is 11.6 Å². The van der Waals surface area contributed by atoms with Gasteiger partial charge in [0.25, 0.3) is 0 Å². The van der Waals surface area contributed by atoms with Crippen LogP contribution in [0.25, 0.3) is 0 Å². The Hall–Kier alpha value is -1.72. The number of hydrogen-bond acceptors (Lipinski definition) is 2. The maximum absolute atomic E-state index is 13.5. The van der Waals surface area contributed by atoms with Gasteiger partial charge in [0.2, 0.25) is 0 Å². The van der Waals surface area contributed by atoms with E-state index >= 15 is 0 Å². The molecule has 5 heterocycles. The highest BCUT2D eigenvalue weighted by molar-refractivity contribution is 6.05. The molecule has 0 aliphatic carbocycles. The van der Waals surface area contributed by atoms with E-state index in [0.29, 0.717) is 5.78 Å². The molecule has 0 aromatic heterocycles. The Bertz CT molecular complexity index is 771. The van der Waals surface area contributed by atoms with E-state index in [0.717, 1.165) is 43.9 Å². The van der Waals surface area contributed by atoms with Gasteiger partial charge in [-0.15, -0.1) is 0 Å². The topological polar surface area (TPSA) is 46.3 Å². The summed E-state index contributed by atoms with van der Waals surface area (Å²) in [6, 6.07) is 8.23. The van der Waals surface area contributed by atoms with Crippen molar-refractivity contribution in [1.82, 2.24) is 0 Å². The number of Topliss-reactive ketones (excluding diaryl/α,β-unsaturated/α-hetero) is 1. The van der Waals surface area contributed by atoms with Crippen LogP contribution in [-0.2, 0) is 15.3 Å². The fourth-order valence-electron chi connectivity index (χ4n) is 6.40. The minimum absolute atomic E-state index is 0.204. The summed E-state index contributed by atoms with van der Waals surface area (Å²) in [6.45, 7) is 7.43. The SMILES string of the molecule is CCC12C[NH+]3CC(C)(C[NH+](C1)C31C(=O)N(C)c3ccccc31)C2=O. The first-order chi connectivity index (χ1) is 11.4. The zero-order valence-corrected chi connectivity index (χ0v) is 14.6. The zero-order valence-electron chi connectivity index (χ0n) is 14.6. The van der Waals surface area contributed by atoms with Gasteiger partial charge in [-0.2, -0.15) is 0 Å². The molecule has 6 rings (SSSR count). The molecule has 4 saturated heterocycles. The van der Waals surface area contributed by atoms with Gasteiger partial charge in [-0.05, 0) is 25.5 Å². The van der Waals surface area contributed by atoms with E-state index in [-0.39, 0.29) is 16.7 Å². The van der Waals surface area contributed by atoms with Crippen molar-refractivity contribution < 1.29 is 19.4 Å². The molecular weight excluding hydrogens is 302 g/mol. The van der Waals surface area contributed by atoms with E-state index in [1.54, 1.807) is 0 Å². The molecule has 126 valence electrons. The van der Waals surface area contributed by atoms with Crippen molar-refractivity contribution in [2.75, 3.05) is 38.1 Å².